The minimum Gasteiger partial charge on any atom is -0.493 e. The smallest absolute Gasteiger partial charge is 0.258 e. The van der Waals surface area contributed by atoms with Crippen LogP contribution in [0.5, 0.6) is 5.75 Å². The quantitative estimate of drug-likeness (QED) is 0.129. The van der Waals surface area contributed by atoms with E-state index in [2.05, 4.69) is 116 Å². The Morgan fingerprint density at radius 2 is 1.52 bits per heavy atom. The van der Waals surface area contributed by atoms with Crippen molar-refractivity contribution in [3.05, 3.63) is 84.1 Å². The van der Waals surface area contributed by atoms with Gasteiger partial charge in [-0.1, -0.05) is 92.5 Å². The van der Waals surface area contributed by atoms with Gasteiger partial charge in [0.05, 0.1) is 17.9 Å². The van der Waals surface area contributed by atoms with Gasteiger partial charge in [0, 0.05) is 18.5 Å². The van der Waals surface area contributed by atoms with Crippen molar-refractivity contribution in [2.75, 3.05) is 40.3 Å². The molecule has 6 nitrogen and oxygen atoms in total. The van der Waals surface area contributed by atoms with E-state index in [-0.39, 0.29) is 5.04 Å². The lowest BCUT2D eigenvalue weighted by Gasteiger charge is -2.44. The summed E-state index contributed by atoms with van der Waals surface area (Å²) in [6.45, 7) is 9.88. The second kappa shape index (κ2) is 15.3. The van der Waals surface area contributed by atoms with Gasteiger partial charge in [0.2, 0.25) is 0 Å². The van der Waals surface area contributed by atoms with Gasteiger partial charge < -0.3 is 23.9 Å². The van der Waals surface area contributed by atoms with Crippen molar-refractivity contribution >= 4 is 29.7 Å². The van der Waals surface area contributed by atoms with Crippen molar-refractivity contribution in [3.63, 3.8) is 0 Å². The molecule has 3 aliphatic rings. The summed E-state index contributed by atoms with van der Waals surface area (Å²) < 4.78 is 12.3. The van der Waals surface area contributed by atoms with Gasteiger partial charge in [0.1, 0.15) is 5.75 Å². The molecule has 1 aromatic heterocycles. The molecule has 2 atom stereocenters. The summed E-state index contributed by atoms with van der Waals surface area (Å²) in [7, 11) is 1.20. The molecule has 1 saturated heterocycles. The Balaban J connectivity index is 0.944. The van der Waals surface area contributed by atoms with Gasteiger partial charge >= 0.3 is 0 Å². The van der Waals surface area contributed by atoms with Gasteiger partial charge in [-0.2, -0.15) is 0 Å². The lowest BCUT2D eigenvalue weighted by Crippen LogP contribution is -2.65. The second-order valence-corrected chi connectivity index (χ2v) is 20.7. The molecule has 7 heteroatoms. The van der Waals surface area contributed by atoms with Crippen LogP contribution in [-0.2, 0) is 13.0 Å². The van der Waals surface area contributed by atoms with E-state index in [1.807, 2.05) is 0 Å². The zero-order chi connectivity index (χ0) is 34.7. The van der Waals surface area contributed by atoms with Gasteiger partial charge in [0.25, 0.3) is 8.32 Å². The average molecular weight is 694 g/mol. The molecule has 2 heterocycles. The maximum atomic E-state index is 12.8. The third kappa shape index (κ3) is 7.76. The molecule has 2 saturated carbocycles. The number of aryl methyl sites for hydroxylation is 1. The number of piperidine rings is 1. The first-order valence-electron chi connectivity index (χ1n) is 19.4. The maximum absolute atomic E-state index is 12.8. The zero-order valence-electron chi connectivity index (χ0n) is 30.9. The highest BCUT2D eigenvalue weighted by Gasteiger charge is 2.51. The summed E-state index contributed by atoms with van der Waals surface area (Å²) in [5.74, 6) is 3.77. The van der Waals surface area contributed by atoms with E-state index >= 15 is 0 Å². The topological polar surface area (TPSA) is 62.0 Å². The highest BCUT2D eigenvalue weighted by molar-refractivity contribution is 6.98. The Morgan fingerprint density at radius 1 is 0.860 bits per heavy atom. The fraction of sp³-hybridized carbons (Fsp3) is 0.558. The summed E-state index contributed by atoms with van der Waals surface area (Å²) in [6, 6.07) is 25.4. The molecule has 0 bridgehead atoms. The van der Waals surface area contributed by atoms with E-state index in [4.69, 9.17) is 9.26 Å². The van der Waals surface area contributed by atoms with Crippen molar-refractivity contribution < 1.29 is 14.1 Å². The first kappa shape index (κ1) is 35.4. The van der Waals surface area contributed by atoms with Crippen LogP contribution in [0.1, 0.15) is 82.9 Å². The second-order valence-electron chi connectivity index (χ2n) is 16.8. The fourth-order valence-corrected chi connectivity index (χ4v) is 13.0. The summed E-state index contributed by atoms with van der Waals surface area (Å²) in [6.07, 6.45) is 12.2. The van der Waals surface area contributed by atoms with E-state index < -0.39 is 8.32 Å². The van der Waals surface area contributed by atoms with Crippen molar-refractivity contribution in [3.8, 4) is 5.75 Å². The standard InChI is InChI=1S/C43H59N3O3Si/c1-43(2,50(47,36-14-7-5-8-15-36)37-16-9-6-10-17-37)28-34-12-11-13-35(34)29-46-26-24-32(25-27-46)20-22-40-38-21-23-41(48-31-33-18-19-33)39(30-45(3)4)42(38)49-44-40/h5-10,14-17,21,23,32-35,47H,11-13,18-20,22,24-31H2,1-4H3/t34-,35+/m0/s1. The van der Waals surface area contributed by atoms with Crippen LogP contribution in [0.3, 0.4) is 0 Å². The fourth-order valence-electron chi connectivity index (χ4n) is 9.23. The lowest BCUT2D eigenvalue weighted by molar-refractivity contribution is 0.139. The number of aromatic nitrogens is 1. The monoisotopic (exact) mass is 693 g/mol. The van der Waals surface area contributed by atoms with Gasteiger partial charge in [0.15, 0.2) is 5.58 Å². The summed E-state index contributed by atoms with van der Waals surface area (Å²) in [5.41, 5.74) is 3.13. The number of likely N-dealkylation sites (tertiary alicyclic amines) is 1. The Hall–Kier alpha value is -2.97. The number of benzene rings is 3. The van der Waals surface area contributed by atoms with E-state index in [1.165, 1.54) is 71.0 Å². The van der Waals surface area contributed by atoms with Crippen molar-refractivity contribution in [2.45, 2.75) is 89.6 Å². The number of nitrogens with zero attached hydrogens (tertiary/aromatic N) is 3. The molecule has 3 aromatic carbocycles. The van der Waals surface area contributed by atoms with E-state index in [0.717, 1.165) is 70.3 Å². The highest BCUT2D eigenvalue weighted by Crippen LogP contribution is 2.48. The van der Waals surface area contributed by atoms with Crippen LogP contribution in [0.4, 0.5) is 0 Å². The Kier molecular flexibility index (Phi) is 10.9. The zero-order valence-corrected chi connectivity index (χ0v) is 31.9. The molecule has 268 valence electrons. The van der Waals surface area contributed by atoms with E-state index in [9.17, 15) is 4.80 Å². The normalized spacial score (nSPS) is 21.0. The van der Waals surface area contributed by atoms with Crippen LogP contribution in [-0.4, -0.2) is 68.4 Å². The SMILES string of the molecule is CN(C)Cc1c(OCC2CC2)ccc2c(CCC3CCN(C[C@H]4CCC[C@H]4CC(C)(C)[Si](O)(c4ccccc4)c4ccccc4)CC3)noc12. The molecular weight excluding hydrogens is 635 g/mol. The summed E-state index contributed by atoms with van der Waals surface area (Å²) >= 11 is 0. The maximum Gasteiger partial charge on any atom is 0.258 e. The van der Waals surface area contributed by atoms with Crippen LogP contribution in [0.15, 0.2) is 77.3 Å². The third-order valence-corrected chi connectivity index (χ3v) is 16.9. The van der Waals surface area contributed by atoms with Crippen LogP contribution >= 0.6 is 0 Å². The molecule has 50 heavy (non-hydrogen) atoms. The molecule has 3 fully saturated rings. The van der Waals surface area contributed by atoms with Crippen molar-refractivity contribution in [1.82, 2.24) is 15.0 Å². The molecule has 0 amide bonds. The Morgan fingerprint density at radius 3 is 2.16 bits per heavy atom. The molecule has 0 radical (unpaired) electrons. The van der Waals surface area contributed by atoms with Crippen LogP contribution < -0.4 is 15.1 Å². The molecule has 1 aliphatic heterocycles. The first-order chi connectivity index (χ1) is 24.2. The van der Waals surface area contributed by atoms with E-state index in [0.29, 0.717) is 17.8 Å². The molecule has 2 aliphatic carbocycles. The van der Waals surface area contributed by atoms with Gasteiger partial charge in [-0.15, -0.1) is 0 Å². The lowest BCUT2D eigenvalue weighted by atomic mass is 9.86. The van der Waals surface area contributed by atoms with Crippen LogP contribution in [0, 0.1) is 23.7 Å². The Labute approximate surface area is 301 Å². The average Bonchev–Trinajstić information content (AvgIpc) is 3.72. The van der Waals surface area contributed by atoms with Crippen LogP contribution in [0.2, 0.25) is 5.04 Å². The minimum absolute atomic E-state index is 0.181. The number of hydrogen-bond donors (Lipinski definition) is 1. The van der Waals surface area contributed by atoms with Crippen LogP contribution in [0.25, 0.3) is 11.0 Å². The first-order valence-corrected chi connectivity index (χ1v) is 21.4. The third-order valence-electron chi connectivity index (χ3n) is 12.4. The molecular formula is C43H59N3O3Si. The molecule has 1 N–H and O–H groups in total. The highest BCUT2D eigenvalue weighted by atomic mass is 28.4. The molecule has 0 spiro atoms. The largest absolute Gasteiger partial charge is 0.493 e. The number of hydrogen-bond acceptors (Lipinski definition) is 6. The molecule has 0 unspecified atom stereocenters. The Bertz CT molecular complexity index is 1640. The minimum atomic E-state index is -2.99. The van der Waals surface area contributed by atoms with Gasteiger partial charge in [-0.25, -0.2) is 0 Å². The van der Waals surface area contributed by atoms with Crippen molar-refractivity contribution in [2.24, 2.45) is 23.7 Å². The molecule has 4 aromatic rings. The van der Waals surface area contributed by atoms with E-state index in [1.54, 1.807) is 0 Å². The number of fused-ring (bicyclic) bond motifs is 1. The van der Waals surface area contributed by atoms with Gasteiger partial charge in [-0.3, -0.25) is 0 Å². The predicted molar refractivity (Wildman–Crippen MR) is 207 cm³/mol. The number of ether oxygens (including phenoxy) is 1. The summed E-state index contributed by atoms with van der Waals surface area (Å²) in [4.78, 5) is 17.7. The summed E-state index contributed by atoms with van der Waals surface area (Å²) in [5, 5.41) is 7.83. The molecule has 7 rings (SSSR count). The van der Waals surface area contributed by atoms with Crippen molar-refractivity contribution in [1.29, 1.82) is 0 Å². The predicted octanol–water partition coefficient (Wildman–Crippen LogP) is 7.66. The van der Waals surface area contributed by atoms with Gasteiger partial charge in [-0.05, 0) is 130 Å². The number of rotatable bonds is 15.